The van der Waals surface area contributed by atoms with E-state index in [1.54, 1.807) is 0 Å². The van der Waals surface area contributed by atoms with Crippen LogP contribution >= 0.6 is 0 Å². The van der Waals surface area contributed by atoms with Crippen LogP contribution in [-0.2, 0) is 4.79 Å². The molecule has 2 aliphatic rings. The smallest absolute Gasteiger partial charge is 0.307 e. The fraction of sp³-hybridized carbons (Fsp3) is 0.611. The minimum absolute atomic E-state index is 0.186. The zero-order valence-electron chi connectivity index (χ0n) is 12.1. The van der Waals surface area contributed by atoms with Crippen molar-refractivity contribution in [3.05, 3.63) is 35.4 Å². The van der Waals surface area contributed by atoms with Gasteiger partial charge in [0.15, 0.2) is 0 Å². The van der Waals surface area contributed by atoms with E-state index in [2.05, 4.69) is 24.3 Å². The van der Waals surface area contributed by atoms with Gasteiger partial charge in [-0.2, -0.15) is 0 Å². The summed E-state index contributed by atoms with van der Waals surface area (Å²) in [6.45, 7) is 0. The molecule has 2 unspecified atom stereocenters. The zero-order valence-corrected chi connectivity index (χ0v) is 12.1. The third kappa shape index (κ3) is 2.74. The summed E-state index contributed by atoms with van der Waals surface area (Å²) in [6, 6.07) is 8.80. The predicted octanol–water partition coefficient (Wildman–Crippen LogP) is 4.70. The van der Waals surface area contributed by atoms with Crippen molar-refractivity contribution in [3.63, 3.8) is 0 Å². The number of hydrogen-bond acceptors (Lipinski definition) is 1. The lowest BCUT2D eigenvalue weighted by molar-refractivity contribution is -0.142. The lowest BCUT2D eigenvalue weighted by Crippen LogP contribution is -2.21. The van der Waals surface area contributed by atoms with E-state index in [9.17, 15) is 9.90 Å². The van der Waals surface area contributed by atoms with Gasteiger partial charge in [0.2, 0.25) is 0 Å². The Morgan fingerprint density at radius 2 is 1.70 bits per heavy atom. The molecule has 2 atom stereocenters. The first-order valence-corrected chi connectivity index (χ1v) is 8.08. The van der Waals surface area contributed by atoms with E-state index in [0.717, 1.165) is 25.2 Å². The maximum absolute atomic E-state index is 11.6. The fourth-order valence-corrected chi connectivity index (χ4v) is 3.79. The monoisotopic (exact) mass is 272 g/mol. The largest absolute Gasteiger partial charge is 0.481 e. The van der Waals surface area contributed by atoms with Crippen LogP contribution in [0.1, 0.15) is 74.3 Å². The van der Waals surface area contributed by atoms with Crippen molar-refractivity contribution in [3.8, 4) is 0 Å². The van der Waals surface area contributed by atoms with Crippen molar-refractivity contribution in [2.24, 2.45) is 5.92 Å². The van der Waals surface area contributed by atoms with E-state index in [-0.39, 0.29) is 11.8 Å². The Labute approximate surface area is 121 Å². The SMILES string of the molecule is O=C(O)C1CCCCCC1c1cccc(C2CCC2)c1. The maximum atomic E-state index is 11.6. The van der Waals surface area contributed by atoms with Gasteiger partial charge in [-0.05, 0) is 48.6 Å². The number of rotatable bonds is 3. The highest BCUT2D eigenvalue weighted by molar-refractivity contribution is 5.71. The third-order valence-corrected chi connectivity index (χ3v) is 5.25. The molecule has 2 nitrogen and oxygen atoms in total. The van der Waals surface area contributed by atoms with Crippen molar-refractivity contribution >= 4 is 5.97 Å². The number of aliphatic carboxylic acids is 1. The van der Waals surface area contributed by atoms with Crippen molar-refractivity contribution in [2.75, 3.05) is 0 Å². The summed E-state index contributed by atoms with van der Waals surface area (Å²) in [6.07, 6.45) is 9.24. The normalized spacial score (nSPS) is 27.6. The Kier molecular flexibility index (Phi) is 4.09. The Morgan fingerprint density at radius 1 is 0.950 bits per heavy atom. The first-order chi connectivity index (χ1) is 9.75. The summed E-state index contributed by atoms with van der Waals surface area (Å²) >= 11 is 0. The Balaban J connectivity index is 1.86. The highest BCUT2D eigenvalue weighted by Crippen LogP contribution is 2.40. The zero-order chi connectivity index (χ0) is 13.9. The van der Waals surface area contributed by atoms with Crippen LogP contribution in [0.2, 0.25) is 0 Å². The Morgan fingerprint density at radius 3 is 2.40 bits per heavy atom. The van der Waals surface area contributed by atoms with E-state index >= 15 is 0 Å². The van der Waals surface area contributed by atoms with Crippen LogP contribution in [-0.4, -0.2) is 11.1 Å². The molecule has 0 radical (unpaired) electrons. The molecular formula is C18H24O2. The van der Waals surface area contributed by atoms with E-state index in [1.165, 1.54) is 43.2 Å². The first-order valence-electron chi connectivity index (χ1n) is 8.08. The van der Waals surface area contributed by atoms with Gasteiger partial charge in [-0.25, -0.2) is 0 Å². The molecule has 0 amide bonds. The summed E-state index contributed by atoms with van der Waals surface area (Å²) in [5.41, 5.74) is 2.70. The minimum Gasteiger partial charge on any atom is -0.481 e. The molecule has 1 aromatic rings. The van der Waals surface area contributed by atoms with Gasteiger partial charge in [-0.1, -0.05) is 49.9 Å². The lowest BCUT2D eigenvalue weighted by atomic mass is 9.77. The average molecular weight is 272 g/mol. The number of carboxylic acid groups (broad SMARTS) is 1. The molecule has 0 spiro atoms. The van der Waals surface area contributed by atoms with Crippen LogP contribution in [0, 0.1) is 5.92 Å². The van der Waals surface area contributed by atoms with Crippen molar-refractivity contribution < 1.29 is 9.90 Å². The standard InChI is InChI=1S/C18H24O2/c19-18(20)17-11-3-1-2-10-16(17)15-9-5-8-14(12-15)13-6-4-7-13/h5,8-9,12-13,16-17H,1-4,6-7,10-11H2,(H,19,20). The first kappa shape index (κ1) is 13.7. The molecular weight excluding hydrogens is 248 g/mol. The van der Waals surface area contributed by atoms with Gasteiger partial charge in [0.25, 0.3) is 0 Å². The summed E-state index contributed by atoms with van der Waals surface area (Å²) < 4.78 is 0. The second-order valence-corrected chi connectivity index (χ2v) is 6.49. The molecule has 1 aromatic carbocycles. The van der Waals surface area contributed by atoms with Crippen LogP contribution in [0.15, 0.2) is 24.3 Å². The van der Waals surface area contributed by atoms with Crippen LogP contribution < -0.4 is 0 Å². The molecule has 0 aliphatic heterocycles. The minimum atomic E-state index is -0.606. The molecule has 0 aromatic heterocycles. The Bertz CT molecular complexity index is 476. The van der Waals surface area contributed by atoms with Crippen molar-refractivity contribution in [1.29, 1.82) is 0 Å². The molecule has 0 bridgehead atoms. The predicted molar refractivity (Wildman–Crippen MR) is 80.0 cm³/mol. The lowest BCUT2D eigenvalue weighted by Gasteiger charge is -2.28. The van der Waals surface area contributed by atoms with Crippen LogP contribution in [0.5, 0.6) is 0 Å². The molecule has 0 saturated heterocycles. The third-order valence-electron chi connectivity index (χ3n) is 5.25. The molecule has 0 heterocycles. The van der Waals surface area contributed by atoms with Crippen molar-refractivity contribution in [2.45, 2.75) is 63.2 Å². The second kappa shape index (κ2) is 5.99. The highest BCUT2D eigenvalue weighted by Gasteiger charge is 2.31. The van der Waals surface area contributed by atoms with Crippen LogP contribution in [0.25, 0.3) is 0 Å². The Hall–Kier alpha value is -1.31. The second-order valence-electron chi connectivity index (χ2n) is 6.49. The van der Waals surface area contributed by atoms with Crippen molar-refractivity contribution in [1.82, 2.24) is 0 Å². The summed E-state index contributed by atoms with van der Waals surface area (Å²) in [7, 11) is 0. The number of hydrogen-bond donors (Lipinski definition) is 1. The fourth-order valence-electron chi connectivity index (χ4n) is 3.79. The van der Waals surface area contributed by atoms with Gasteiger partial charge < -0.3 is 5.11 Å². The number of benzene rings is 1. The average Bonchev–Trinajstić information content (AvgIpc) is 2.62. The van der Waals surface area contributed by atoms with Gasteiger partial charge in [0.05, 0.1) is 5.92 Å². The van der Waals surface area contributed by atoms with Crippen LogP contribution in [0.4, 0.5) is 0 Å². The molecule has 1 N–H and O–H groups in total. The van der Waals surface area contributed by atoms with E-state index in [0.29, 0.717) is 0 Å². The topological polar surface area (TPSA) is 37.3 Å². The van der Waals surface area contributed by atoms with E-state index in [1.807, 2.05) is 0 Å². The molecule has 2 saturated carbocycles. The number of carbonyl (C=O) groups is 1. The molecule has 3 rings (SSSR count). The highest BCUT2D eigenvalue weighted by atomic mass is 16.4. The van der Waals surface area contributed by atoms with Gasteiger partial charge in [-0.3, -0.25) is 4.79 Å². The van der Waals surface area contributed by atoms with Gasteiger partial charge in [0, 0.05) is 0 Å². The summed E-state index contributed by atoms with van der Waals surface area (Å²) in [5, 5.41) is 9.53. The molecule has 2 aliphatic carbocycles. The van der Waals surface area contributed by atoms with E-state index < -0.39 is 5.97 Å². The van der Waals surface area contributed by atoms with Crippen LogP contribution in [0.3, 0.4) is 0 Å². The molecule has 2 fully saturated rings. The number of carboxylic acids is 1. The summed E-state index contributed by atoms with van der Waals surface area (Å²) in [4.78, 5) is 11.6. The van der Waals surface area contributed by atoms with Gasteiger partial charge in [-0.15, -0.1) is 0 Å². The molecule has 108 valence electrons. The molecule has 20 heavy (non-hydrogen) atoms. The van der Waals surface area contributed by atoms with E-state index in [4.69, 9.17) is 0 Å². The maximum Gasteiger partial charge on any atom is 0.307 e. The molecule has 2 heteroatoms. The van der Waals surface area contributed by atoms with Gasteiger partial charge in [0.1, 0.15) is 0 Å². The van der Waals surface area contributed by atoms with Gasteiger partial charge >= 0.3 is 5.97 Å². The summed E-state index contributed by atoms with van der Waals surface area (Å²) in [5.74, 6) is 0.152. The quantitative estimate of drug-likeness (QED) is 0.810.